The summed E-state index contributed by atoms with van der Waals surface area (Å²) in [5.74, 6) is -0.227. The van der Waals surface area contributed by atoms with Gasteiger partial charge in [0.1, 0.15) is 5.82 Å². The monoisotopic (exact) mass is 297 g/mol. The Morgan fingerprint density at radius 3 is 2.26 bits per heavy atom. The van der Waals surface area contributed by atoms with Gasteiger partial charge in [0.05, 0.1) is 0 Å². The molecule has 0 aromatic heterocycles. The smallest absolute Gasteiger partial charge is 0.128 e. The zero-order valence-corrected chi connectivity index (χ0v) is 12.0. The zero-order valence-electron chi connectivity index (χ0n) is 10.5. The Kier molecular flexibility index (Phi) is 4.81. The number of rotatable bonds is 4. The summed E-state index contributed by atoms with van der Waals surface area (Å²) in [6.07, 6.45) is 0. The molecule has 0 aliphatic rings. The number of hydrogen-bond acceptors (Lipinski definition) is 1. The van der Waals surface area contributed by atoms with Crippen LogP contribution in [-0.2, 0) is 6.54 Å². The molecule has 2 rings (SSSR count). The summed E-state index contributed by atoms with van der Waals surface area (Å²) < 4.78 is 14.0. The first kappa shape index (κ1) is 14.3. The maximum Gasteiger partial charge on any atom is 0.128 e. The van der Waals surface area contributed by atoms with Crippen LogP contribution in [0.5, 0.6) is 0 Å². The van der Waals surface area contributed by atoms with Crippen LogP contribution in [0.15, 0.2) is 36.4 Å². The Hall–Kier alpha value is -1.09. The van der Waals surface area contributed by atoms with Crippen LogP contribution in [0.2, 0.25) is 10.0 Å². The van der Waals surface area contributed by atoms with Gasteiger partial charge in [-0.25, -0.2) is 4.39 Å². The standard InChI is InChI=1S/C15H14Cl2FN/c1-2-19-9-11-4-3-10(7-15(11)18)12-5-13(16)8-14(17)6-12/h3-8,19H,2,9H2,1H3. The van der Waals surface area contributed by atoms with Gasteiger partial charge in [0.15, 0.2) is 0 Å². The van der Waals surface area contributed by atoms with Crippen molar-refractivity contribution in [1.82, 2.24) is 5.32 Å². The molecule has 0 heterocycles. The van der Waals surface area contributed by atoms with Gasteiger partial charge >= 0.3 is 0 Å². The van der Waals surface area contributed by atoms with Gasteiger partial charge < -0.3 is 5.32 Å². The third-order valence-corrected chi connectivity index (χ3v) is 3.25. The average Bonchev–Trinajstić information content (AvgIpc) is 2.36. The van der Waals surface area contributed by atoms with Gasteiger partial charge in [0.25, 0.3) is 0 Å². The van der Waals surface area contributed by atoms with Crippen molar-refractivity contribution >= 4 is 23.2 Å². The van der Waals surface area contributed by atoms with E-state index in [9.17, 15) is 4.39 Å². The van der Waals surface area contributed by atoms with Crippen LogP contribution in [0, 0.1) is 5.82 Å². The first-order valence-corrected chi connectivity index (χ1v) is 6.81. The summed E-state index contributed by atoms with van der Waals surface area (Å²) >= 11 is 11.9. The van der Waals surface area contributed by atoms with Crippen LogP contribution >= 0.6 is 23.2 Å². The highest BCUT2D eigenvalue weighted by Gasteiger charge is 2.06. The lowest BCUT2D eigenvalue weighted by atomic mass is 10.0. The number of hydrogen-bond donors (Lipinski definition) is 1. The predicted octanol–water partition coefficient (Wildman–Crippen LogP) is 4.91. The molecule has 0 aliphatic carbocycles. The molecule has 0 saturated heterocycles. The van der Waals surface area contributed by atoms with E-state index in [0.29, 0.717) is 22.2 Å². The Morgan fingerprint density at radius 2 is 1.68 bits per heavy atom. The molecule has 1 N–H and O–H groups in total. The fraction of sp³-hybridized carbons (Fsp3) is 0.200. The lowest BCUT2D eigenvalue weighted by Gasteiger charge is -2.08. The van der Waals surface area contributed by atoms with E-state index < -0.39 is 0 Å². The minimum Gasteiger partial charge on any atom is -0.313 e. The largest absolute Gasteiger partial charge is 0.313 e. The van der Waals surface area contributed by atoms with Crippen LogP contribution in [0.25, 0.3) is 11.1 Å². The van der Waals surface area contributed by atoms with E-state index in [4.69, 9.17) is 23.2 Å². The van der Waals surface area contributed by atoms with Gasteiger partial charge in [-0.2, -0.15) is 0 Å². The molecule has 0 amide bonds. The molecule has 0 unspecified atom stereocenters. The van der Waals surface area contributed by atoms with Gasteiger partial charge in [-0.3, -0.25) is 0 Å². The average molecular weight is 298 g/mol. The molecule has 4 heteroatoms. The van der Waals surface area contributed by atoms with E-state index in [0.717, 1.165) is 17.7 Å². The molecule has 0 aliphatic heterocycles. The van der Waals surface area contributed by atoms with E-state index >= 15 is 0 Å². The molecule has 0 saturated carbocycles. The highest BCUT2D eigenvalue weighted by molar-refractivity contribution is 6.35. The molecule has 0 atom stereocenters. The van der Waals surface area contributed by atoms with Crippen LogP contribution in [0.4, 0.5) is 4.39 Å². The molecule has 100 valence electrons. The lowest BCUT2D eigenvalue weighted by Crippen LogP contribution is -2.12. The van der Waals surface area contributed by atoms with Crippen LogP contribution in [0.3, 0.4) is 0 Å². The fourth-order valence-electron chi connectivity index (χ4n) is 1.85. The lowest BCUT2D eigenvalue weighted by molar-refractivity contribution is 0.594. The van der Waals surface area contributed by atoms with E-state index in [1.165, 1.54) is 6.07 Å². The molecule has 2 aromatic carbocycles. The van der Waals surface area contributed by atoms with Crippen LogP contribution < -0.4 is 5.32 Å². The van der Waals surface area contributed by atoms with Gasteiger partial charge in [-0.15, -0.1) is 0 Å². The third-order valence-electron chi connectivity index (χ3n) is 2.81. The highest BCUT2D eigenvalue weighted by Crippen LogP contribution is 2.28. The Bertz CT molecular complexity index is 564. The molecule has 0 fully saturated rings. The fourth-order valence-corrected chi connectivity index (χ4v) is 2.38. The van der Waals surface area contributed by atoms with Crippen LogP contribution in [-0.4, -0.2) is 6.54 Å². The third kappa shape index (κ3) is 3.69. The SMILES string of the molecule is CCNCc1ccc(-c2cc(Cl)cc(Cl)c2)cc1F. The van der Waals surface area contributed by atoms with Crippen molar-refractivity contribution in [2.24, 2.45) is 0 Å². The topological polar surface area (TPSA) is 12.0 Å². The summed E-state index contributed by atoms with van der Waals surface area (Å²) in [5.41, 5.74) is 2.23. The molecular formula is C15H14Cl2FN. The molecule has 19 heavy (non-hydrogen) atoms. The summed E-state index contributed by atoms with van der Waals surface area (Å²) in [4.78, 5) is 0. The molecular weight excluding hydrogens is 284 g/mol. The number of halogens is 3. The normalized spacial score (nSPS) is 10.7. The summed E-state index contributed by atoms with van der Waals surface area (Å²) in [7, 11) is 0. The molecule has 0 bridgehead atoms. The summed E-state index contributed by atoms with van der Waals surface area (Å²) in [6, 6.07) is 10.4. The summed E-state index contributed by atoms with van der Waals surface area (Å²) in [5, 5.41) is 4.18. The van der Waals surface area contributed by atoms with E-state index in [1.54, 1.807) is 24.3 Å². The zero-order chi connectivity index (χ0) is 13.8. The first-order chi connectivity index (χ1) is 9.10. The Balaban J connectivity index is 2.33. The molecule has 0 spiro atoms. The van der Waals surface area contributed by atoms with Gasteiger partial charge in [0.2, 0.25) is 0 Å². The van der Waals surface area contributed by atoms with Gasteiger partial charge in [-0.1, -0.05) is 42.3 Å². The molecule has 1 nitrogen and oxygen atoms in total. The minimum absolute atomic E-state index is 0.227. The quantitative estimate of drug-likeness (QED) is 0.845. The molecule has 0 radical (unpaired) electrons. The maximum atomic E-state index is 14.0. The van der Waals surface area contributed by atoms with Crippen molar-refractivity contribution in [2.75, 3.05) is 6.54 Å². The van der Waals surface area contributed by atoms with E-state index in [2.05, 4.69) is 5.32 Å². The van der Waals surface area contributed by atoms with Gasteiger partial charge in [0, 0.05) is 22.2 Å². The second kappa shape index (κ2) is 6.38. The first-order valence-electron chi connectivity index (χ1n) is 6.05. The van der Waals surface area contributed by atoms with Crippen molar-refractivity contribution < 1.29 is 4.39 Å². The Morgan fingerprint density at radius 1 is 1.00 bits per heavy atom. The van der Waals surface area contributed by atoms with Crippen LogP contribution in [0.1, 0.15) is 12.5 Å². The predicted molar refractivity (Wildman–Crippen MR) is 79.2 cm³/mol. The van der Waals surface area contributed by atoms with Crippen molar-refractivity contribution in [3.63, 3.8) is 0 Å². The minimum atomic E-state index is -0.227. The summed E-state index contributed by atoms with van der Waals surface area (Å²) in [6.45, 7) is 3.32. The van der Waals surface area contributed by atoms with E-state index in [-0.39, 0.29) is 5.82 Å². The van der Waals surface area contributed by atoms with Crippen molar-refractivity contribution in [1.29, 1.82) is 0 Å². The number of nitrogens with one attached hydrogen (secondary N) is 1. The number of benzene rings is 2. The second-order valence-corrected chi connectivity index (χ2v) is 5.12. The molecule has 2 aromatic rings. The highest BCUT2D eigenvalue weighted by atomic mass is 35.5. The van der Waals surface area contributed by atoms with Gasteiger partial charge in [-0.05, 0) is 41.9 Å². The van der Waals surface area contributed by atoms with Crippen molar-refractivity contribution in [3.05, 3.63) is 57.8 Å². The second-order valence-electron chi connectivity index (χ2n) is 4.24. The Labute approximate surface area is 122 Å². The van der Waals surface area contributed by atoms with Crippen molar-refractivity contribution in [2.45, 2.75) is 13.5 Å². The maximum absolute atomic E-state index is 14.0. The van der Waals surface area contributed by atoms with E-state index in [1.807, 2.05) is 13.0 Å². The van der Waals surface area contributed by atoms with Crippen molar-refractivity contribution in [3.8, 4) is 11.1 Å².